The van der Waals surface area contributed by atoms with E-state index >= 15 is 0 Å². The smallest absolute Gasteiger partial charge is 0.0937 e. The summed E-state index contributed by atoms with van der Waals surface area (Å²) in [5, 5.41) is 10.7. The summed E-state index contributed by atoms with van der Waals surface area (Å²) in [5.41, 5.74) is 6.00. The number of hydrogen-bond acceptors (Lipinski definition) is 2. The van der Waals surface area contributed by atoms with Crippen LogP contribution >= 0.6 is 0 Å². The van der Waals surface area contributed by atoms with Crippen LogP contribution in [-0.4, -0.2) is 11.2 Å². The Morgan fingerprint density at radius 3 is 2.43 bits per heavy atom. The molecule has 0 aliphatic heterocycles. The van der Waals surface area contributed by atoms with Crippen LogP contribution in [0.25, 0.3) is 0 Å². The summed E-state index contributed by atoms with van der Waals surface area (Å²) in [7, 11) is 0. The van der Waals surface area contributed by atoms with Gasteiger partial charge in [0.15, 0.2) is 0 Å². The first-order valence-electron chi connectivity index (χ1n) is 11.6. The van der Waals surface area contributed by atoms with Gasteiger partial charge in [-0.2, -0.15) is 0 Å². The van der Waals surface area contributed by atoms with Gasteiger partial charge in [0.25, 0.3) is 0 Å². The molecule has 4 aliphatic carbocycles. The number of aliphatic hydroxyl groups is 1. The minimum Gasteiger partial charge on any atom is -0.472 e. The third-order valence-corrected chi connectivity index (χ3v) is 10.7. The minimum atomic E-state index is -0.144. The highest BCUT2D eigenvalue weighted by Gasteiger charge is 2.63. The van der Waals surface area contributed by atoms with E-state index in [-0.39, 0.29) is 16.9 Å². The van der Waals surface area contributed by atoms with Crippen LogP contribution in [0.1, 0.15) is 97.5 Å². The van der Waals surface area contributed by atoms with Gasteiger partial charge in [0.05, 0.1) is 18.6 Å². The van der Waals surface area contributed by atoms with Crippen molar-refractivity contribution in [2.75, 3.05) is 0 Å². The lowest BCUT2D eigenvalue weighted by Crippen LogP contribution is -2.54. The molecule has 0 amide bonds. The monoisotopic (exact) mass is 382 g/mol. The Hall–Kier alpha value is -1.02. The molecule has 0 aromatic carbocycles. The van der Waals surface area contributed by atoms with Crippen LogP contribution in [0, 0.1) is 27.6 Å². The zero-order valence-corrected chi connectivity index (χ0v) is 18.5. The maximum Gasteiger partial charge on any atom is 0.0937 e. The molecule has 5 rings (SSSR count). The van der Waals surface area contributed by atoms with E-state index in [2.05, 4.69) is 40.7 Å². The third kappa shape index (κ3) is 2.14. The van der Waals surface area contributed by atoms with Crippen molar-refractivity contribution in [3.8, 4) is 0 Å². The van der Waals surface area contributed by atoms with Gasteiger partial charge < -0.3 is 9.52 Å². The van der Waals surface area contributed by atoms with E-state index < -0.39 is 0 Å². The van der Waals surface area contributed by atoms with Crippen LogP contribution in [0.2, 0.25) is 0 Å². The SMILES string of the molecule is CC1(C)[C@@H](O)CC[C@]2(C)C3=C(CC[C@@H]12)[C@@]1(C)CC[C@H](c2ccoc2)[C@@]1(C)CC3. The van der Waals surface area contributed by atoms with E-state index in [1.54, 1.807) is 5.57 Å². The molecule has 1 aromatic heterocycles. The number of rotatable bonds is 1. The van der Waals surface area contributed by atoms with E-state index in [0.29, 0.717) is 22.7 Å². The summed E-state index contributed by atoms with van der Waals surface area (Å²) in [6.07, 6.45) is 13.5. The van der Waals surface area contributed by atoms with Gasteiger partial charge >= 0.3 is 0 Å². The van der Waals surface area contributed by atoms with Gasteiger partial charge in [-0.1, -0.05) is 45.8 Å². The molecule has 2 fully saturated rings. The Balaban J connectivity index is 1.59. The summed E-state index contributed by atoms with van der Waals surface area (Å²) >= 11 is 0. The summed E-state index contributed by atoms with van der Waals surface area (Å²) in [6.45, 7) is 12.4. The van der Waals surface area contributed by atoms with Crippen molar-refractivity contribution in [2.45, 2.75) is 98.0 Å². The lowest BCUT2D eigenvalue weighted by Gasteiger charge is -2.62. The highest BCUT2D eigenvalue weighted by atomic mass is 16.3. The third-order valence-electron chi connectivity index (χ3n) is 10.7. The lowest BCUT2D eigenvalue weighted by atomic mass is 9.43. The Bertz CT molecular complexity index is 802. The zero-order valence-electron chi connectivity index (χ0n) is 18.5. The van der Waals surface area contributed by atoms with E-state index in [9.17, 15) is 5.11 Å². The fourth-order valence-electron chi connectivity index (χ4n) is 8.68. The molecule has 2 nitrogen and oxygen atoms in total. The number of allylic oxidation sites excluding steroid dienone is 2. The maximum absolute atomic E-state index is 10.7. The second-order valence-corrected chi connectivity index (χ2v) is 11.7. The van der Waals surface area contributed by atoms with Gasteiger partial charge in [-0.25, -0.2) is 0 Å². The Morgan fingerprint density at radius 1 is 0.929 bits per heavy atom. The quantitative estimate of drug-likeness (QED) is 0.538. The topological polar surface area (TPSA) is 33.4 Å². The van der Waals surface area contributed by atoms with Crippen molar-refractivity contribution in [3.05, 3.63) is 35.3 Å². The largest absolute Gasteiger partial charge is 0.472 e. The van der Waals surface area contributed by atoms with Crippen LogP contribution in [0.3, 0.4) is 0 Å². The first kappa shape index (κ1) is 19.0. The van der Waals surface area contributed by atoms with Crippen LogP contribution in [0.5, 0.6) is 0 Å². The number of aliphatic hydroxyl groups excluding tert-OH is 1. The Kier molecular flexibility index (Phi) is 3.91. The average molecular weight is 383 g/mol. The van der Waals surface area contributed by atoms with E-state index in [1.165, 1.54) is 50.5 Å². The molecule has 6 atom stereocenters. The molecule has 1 aromatic rings. The van der Waals surface area contributed by atoms with E-state index in [4.69, 9.17) is 4.42 Å². The molecule has 0 radical (unpaired) electrons. The molecule has 1 heterocycles. The van der Waals surface area contributed by atoms with Crippen molar-refractivity contribution >= 4 is 0 Å². The molecule has 154 valence electrons. The highest BCUT2D eigenvalue weighted by Crippen LogP contribution is 2.73. The van der Waals surface area contributed by atoms with Gasteiger partial charge in [0.1, 0.15) is 0 Å². The van der Waals surface area contributed by atoms with Crippen LogP contribution in [0.4, 0.5) is 0 Å². The fourth-order valence-corrected chi connectivity index (χ4v) is 8.68. The maximum atomic E-state index is 10.7. The normalized spacial score (nSPS) is 47.4. The van der Waals surface area contributed by atoms with E-state index in [0.717, 1.165) is 6.42 Å². The van der Waals surface area contributed by atoms with Gasteiger partial charge in [-0.3, -0.25) is 0 Å². The highest BCUT2D eigenvalue weighted by molar-refractivity contribution is 5.40. The summed E-state index contributed by atoms with van der Waals surface area (Å²) < 4.78 is 5.48. The lowest BCUT2D eigenvalue weighted by molar-refractivity contribution is -0.0949. The van der Waals surface area contributed by atoms with Crippen molar-refractivity contribution < 1.29 is 9.52 Å². The molecular weight excluding hydrogens is 344 g/mol. The molecular formula is C26H38O2. The molecule has 1 N–H and O–H groups in total. The van der Waals surface area contributed by atoms with Crippen LogP contribution in [0.15, 0.2) is 34.2 Å². The van der Waals surface area contributed by atoms with Crippen molar-refractivity contribution in [1.82, 2.24) is 0 Å². The van der Waals surface area contributed by atoms with Gasteiger partial charge in [0.2, 0.25) is 0 Å². The predicted molar refractivity (Wildman–Crippen MR) is 113 cm³/mol. The first-order valence-corrected chi connectivity index (χ1v) is 11.6. The molecule has 0 spiro atoms. The predicted octanol–water partition coefficient (Wildman–Crippen LogP) is 6.86. The van der Waals surface area contributed by atoms with Gasteiger partial charge in [-0.05, 0) is 96.5 Å². The Labute approximate surface area is 170 Å². The van der Waals surface area contributed by atoms with Gasteiger partial charge in [-0.15, -0.1) is 0 Å². The molecule has 0 bridgehead atoms. The standard InChI is InChI=1S/C26H38O2/c1-23(2)21-7-6-20-19(24(21,3)12-10-22(23)27)9-14-25(4)18(8-13-26(20,25)5)17-11-15-28-16-17/h11,15-16,18,21-22,27H,6-10,12-14H2,1-5H3/t18-,21+,22+,24-,25-,26-/m1/s1. The number of fused-ring (bicyclic) bond motifs is 4. The minimum absolute atomic E-state index is 0.0299. The van der Waals surface area contributed by atoms with Gasteiger partial charge in [0, 0.05) is 0 Å². The van der Waals surface area contributed by atoms with Crippen molar-refractivity contribution in [2.24, 2.45) is 27.6 Å². The summed E-state index contributed by atoms with van der Waals surface area (Å²) in [5.74, 6) is 1.24. The molecule has 0 saturated heterocycles. The second kappa shape index (κ2) is 5.78. The molecule has 0 unspecified atom stereocenters. The summed E-state index contributed by atoms with van der Waals surface area (Å²) in [6, 6.07) is 2.20. The van der Waals surface area contributed by atoms with Crippen LogP contribution < -0.4 is 0 Å². The van der Waals surface area contributed by atoms with E-state index in [1.807, 2.05) is 18.1 Å². The average Bonchev–Trinajstić information content (AvgIpc) is 3.25. The van der Waals surface area contributed by atoms with Crippen molar-refractivity contribution in [1.29, 1.82) is 0 Å². The second-order valence-electron chi connectivity index (χ2n) is 11.7. The number of furan rings is 1. The molecule has 4 aliphatic rings. The first-order chi connectivity index (χ1) is 13.1. The zero-order chi connectivity index (χ0) is 19.9. The molecule has 28 heavy (non-hydrogen) atoms. The molecule has 2 saturated carbocycles. The number of hydrogen-bond donors (Lipinski definition) is 1. The fraction of sp³-hybridized carbons (Fsp3) is 0.769. The summed E-state index contributed by atoms with van der Waals surface area (Å²) in [4.78, 5) is 0. The Morgan fingerprint density at radius 2 is 1.71 bits per heavy atom. The molecule has 2 heteroatoms. The van der Waals surface area contributed by atoms with Crippen molar-refractivity contribution in [3.63, 3.8) is 0 Å². The van der Waals surface area contributed by atoms with Crippen LogP contribution in [-0.2, 0) is 0 Å².